The summed E-state index contributed by atoms with van der Waals surface area (Å²) in [5.41, 5.74) is -0.479. The maximum absolute atomic E-state index is 12.2. The van der Waals surface area contributed by atoms with Crippen molar-refractivity contribution < 1.29 is 14.3 Å². The van der Waals surface area contributed by atoms with Crippen LogP contribution in [0.3, 0.4) is 0 Å². The summed E-state index contributed by atoms with van der Waals surface area (Å²) in [5, 5.41) is 5.07. The number of thiophene rings is 1. The SMILES string of the molecule is CC(C)(C)OC(=O)N1CCCC1CNCC(=O)c1cccs1. The molecule has 1 aromatic heterocycles. The highest BCUT2D eigenvalue weighted by molar-refractivity contribution is 7.12. The first-order valence-corrected chi connectivity index (χ1v) is 8.52. The van der Waals surface area contributed by atoms with Crippen LogP contribution in [0.15, 0.2) is 17.5 Å². The molecule has 5 nitrogen and oxygen atoms in total. The summed E-state index contributed by atoms with van der Waals surface area (Å²) in [6.07, 6.45) is 1.66. The monoisotopic (exact) mass is 324 g/mol. The summed E-state index contributed by atoms with van der Waals surface area (Å²) in [6, 6.07) is 3.81. The lowest BCUT2D eigenvalue weighted by Crippen LogP contribution is -2.44. The lowest BCUT2D eigenvalue weighted by Gasteiger charge is -2.28. The molecule has 0 saturated carbocycles. The van der Waals surface area contributed by atoms with Gasteiger partial charge in [-0.25, -0.2) is 4.79 Å². The van der Waals surface area contributed by atoms with Crippen LogP contribution in [-0.4, -0.2) is 48.1 Å². The first kappa shape index (κ1) is 17.0. The van der Waals surface area contributed by atoms with Gasteiger partial charge >= 0.3 is 6.09 Å². The largest absolute Gasteiger partial charge is 0.444 e. The molecule has 1 aromatic rings. The Morgan fingerprint density at radius 2 is 2.23 bits per heavy atom. The van der Waals surface area contributed by atoms with Gasteiger partial charge in [-0.1, -0.05) is 6.07 Å². The molecular weight excluding hydrogens is 300 g/mol. The van der Waals surface area contributed by atoms with Crippen molar-refractivity contribution in [3.8, 4) is 0 Å². The Kier molecular flexibility index (Phi) is 5.58. The van der Waals surface area contributed by atoms with Gasteiger partial charge in [-0.15, -0.1) is 11.3 Å². The van der Waals surface area contributed by atoms with Crippen LogP contribution in [0.5, 0.6) is 0 Å². The van der Waals surface area contributed by atoms with Gasteiger partial charge in [0, 0.05) is 19.1 Å². The van der Waals surface area contributed by atoms with E-state index in [0.29, 0.717) is 13.1 Å². The van der Waals surface area contributed by atoms with Crippen molar-refractivity contribution >= 4 is 23.2 Å². The van der Waals surface area contributed by atoms with E-state index in [1.54, 1.807) is 4.90 Å². The van der Waals surface area contributed by atoms with Crippen LogP contribution >= 0.6 is 11.3 Å². The summed E-state index contributed by atoms with van der Waals surface area (Å²) in [7, 11) is 0. The average molecular weight is 324 g/mol. The van der Waals surface area contributed by atoms with Gasteiger partial charge < -0.3 is 15.0 Å². The van der Waals surface area contributed by atoms with Crippen molar-refractivity contribution in [2.75, 3.05) is 19.6 Å². The highest BCUT2D eigenvalue weighted by Gasteiger charge is 2.31. The van der Waals surface area contributed by atoms with E-state index in [9.17, 15) is 9.59 Å². The maximum atomic E-state index is 12.2. The number of rotatable bonds is 5. The average Bonchev–Trinajstić information content (AvgIpc) is 3.08. The lowest BCUT2D eigenvalue weighted by molar-refractivity contribution is 0.0227. The molecule has 0 aliphatic carbocycles. The fraction of sp³-hybridized carbons (Fsp3) is 0.625. The third-order valence-corrected chi connectivity index (χ3v) is 4.38. The summed E-state index contributed by atoms with van der Waals surface area (Å²) in [5.74, 6) is 0.0943. The van der Waals surface area contributed by atoms with Crippen LogP contribution in [0.25, 0.3) is 0 Å². The Morgan fingerprint density at radius 3 is 2.86 bits per heavy atom. The minimum atomic E-state index is -0.479. The van der Waals surface area contributed by atoms with Crippen LogP contribution in [0.1, 0.15) is 43.3 Å². The Morgan fingerprint density at radius 1 is 1.45 bits per heavy atom. The zero-order chi connectivity index (χ0) is 16.2. The van der Waals surface area contributed by atoms with E-state index in [1.165, 1.54) is 11.3 Å². The van der Waals surface area contributed by atoms with Crippen LogP contribution < -0.4 is 5.32 Å². The molecular formula is C16H24N2O3S. The number of hydrogen-bond donors (Lipinski definition) is 1. The van der Waals surface area contributed by atoms with Gasteiger partial charge in [-0.3, -0.25) is 4.79 Å². The molecule has 1 saturated heterocycles. The predicted molar refractivity (Wildman–Crippen MR) is 87.5 cm³/mol. The van der Waals surface area contributed by atoms with Gasteiger partial charge in [-0.05, 0) is 45.1 Å². The van der Waals surface area contributed by atoms with Crippen molar-refractivity contribution in [1.82, 2.24) is 10.2 Å². The first-order chi connectivity index (χ1) is 10.4. The minimum absolute atomic E-state index is 0.0943. The van der Waals surface area contributed by atoms with Crippen LogP contribution in [0.2, 0.25) is 0 Å². The molecule has 0 bridgehead atoms. The number of Topliss-reactive ketones (excluding diaryl/α,β-unsaturated/α-hetero) is 1. The summed E-state index contributed by atoms with van der Waals surface area (Å²) >= 11 is 1.45. The third kappa shape index (κ3) is 4.81. The highest BCUT2D eigenvalue weighted by atomic mass is 32.1. The molecule has 22 heavy (non-hydrogen) atoms. The lowest BCUT2D eigenvalue weighted by atomic mass is 10.2. The van der Waals surface area contributed by atoms with Crippen LogP contribution in [0.4, 0.5) is 4.79 Å². The van der Waals surface area contributed by atoms with Crippen molar-refractivity contribution in [2.24, 2.45) is 0 Å². The molecule has 0 spiro atoms. The number of ketones is 1. The molecule has 1 N–H and O–H groups in total. The number of amides is 1. The van der Waals surface area contributed by atoms with E-state index in [4.69, 9.17) is 4.74 Å². The fourth-order valence-electron chi connectivity index (χ4n) is 2.49. The topological polar surface area (TPSA) is 58.6 Å². The minimum Gasteiger partial charge on any atom is -0.444 e. The second-order valence-corrected chi connectivity index (χ2v) is 7.45. The van der Waals surface area contributed by atoms with Gasteiger partial charge in [-0.2, -0.15) is 0 Å². The number of likely N-dealkylation sites (tertiary alicyclic amines) is 1. The molecule has 2 heterocycles. The molecule has 1 aliphatic rings. The summed E-state index contributed by atoms with van der Waals surface area (Å²) < 4.78 is 5.43. The summed E-state index contributed by atoms with van der Waals surface area (Å²) in [4.78, 5) is 26.6. The number of nitrogens with zero attached hydrogens (tertiary/aromatic N) is 1. The third-order valence-electron chi connectivity index (χ3n) is 3.47. The molecule has 1 unspecified atom stereocenters. The predicted octanol–water partition coefficient (Wildman–Crippen LogP) is 2.92. The van der Waals surface area contributed by atoms with Gasteiger partial charge in [0.05, 0.1) is 11.4 Å². The Bertz CT molecular complexity index is 508. The zero-order valence-electron chi connectivity index (χ0n) is 13.4. The van der Waals surface area contributed by atoms with Gasteiger partial charge in [0.25, 0.3) is 0 Å². The highest BCUT2D eigenvalue weighted by Crippen LogP contribution is 2.20. The van der Waals surface area contributed by atoms with E-state index >= 15 is 0 Å². The molecule has 1 fully saturated rings. The maximum Gasteiger partial charge on any atom is 0.410 e. The van der Waals surface area contributed by atoms with Crippen molar-refractivity contribution in [3.63, 3.8) is 0 Å². The molecule has 6 heteroatoms. The Labute approximate surface area is 135 Å². The quantitative estimate of drug-likeness (QED) is 0.846. The van der Waals surface area contributed by atoms with Gasteiger partial charge in [0.1, 0.15) is 5.60 Å². The number of hydrogen-bond acceptors (Lipinski definition) is 5. The Balaban J connectivity index is 1.79. The van der Waals surface area contributed by atoms with E-state index in [2.05, 4.69) is 5.32 Å². The van der Waals surface area contributed by atoms with E-state index in [1.807, 2.05) is 38.3 Å². The van der Waals surface area contributed by atoms with E-state index in [0.717, 1.165) is 24.3 Å². The van der Waals surface area contributed by atoms with Crippen molar-refractivity contribution in [1.29, 1.82) is 0 Å². The van der Waals surface area contributed by atoms with Crippen LogP contribution in [-0.2, 0) is 4.74 Å². The fourth-order valence-corrected chi connectivity index (χ4v) is 3.15. The molecule has 1 aliphatic heterocycles. The molecule has 2 rings (SSSR count). The number of nitrogens with one attached hydrogen (secondary N) is 1. The Hall–Kier alpha value is -1.40. The molecule has 0 aromatic carbocycles. The smallest absolute Gasteiger partial charge is 0.410 e. The van der Waals surface area contributed by atoms with Crippen molar-refractivity contribution in [3.05, 3.63) is 22.4 Å². The normalized spacial score (nSPS) is 18.5. The van der Waals surface area contributed by atoms with E-state index in [-0.39, 0.29) is 17.9 Å². The van der Waals surface area contributed by atoms with Crippen LogP contribution in [0, 0.1) is 0 Å². The summed E-state index contributed by atoms with van der Waals surface area (Å²) in [6.45, 7) is 7.26. The zero-order valence-corrected chi connectivity index (χ0v) is 14.2. The molecule has 0 radical (unpaired) electrons. The van der Waals surface area contributed by atoms with Gasteiger partial charge in [0.2, 0.25) is 0 Å². The molecule has 122 valence electrons. The van der Waals surface area contributed by atoms with Crippen molar-refractivity contribution in [2.45, 2.75) is 45.3 Å². The molecule has 1 atom stereocenters. The number of carbonyl (C=O) groups is 2. The number of ether oxygens (including phenoxy) is 1. The first-order valence-electron chi connectivity index (χ1n) is 7.64. The van der Waals surface area contributed by atoms with Gasteiger partial charge in [0.15, 0.2) is 5.78 Å². The van der Waals surface area contributed by atoms with E-state index < -0.39 is 5.60 Å². The molecule has 1 amide bonds. The standard InChI is InChI=1S/C16H24N2O3S/c1-16(2,3)21-15(20)18-8-4-6-12(18)10-17-11-13(19)14-7-5-9-22-14/h5,7,9,12,17H,4,6,8,10-11H2,1-3H3. The second kappa shape index (κ2) is 7.24. The number of carbonyl (C=O) groups excluding carboxylic acids is 2. The second-order valence-electron chi connectivity index (χ2n) is 6.50.